The number of anilines is 2. The van der Waals surface area contributed by atoms with Crippen molar-refractivity contribution in [3.63, 3.8) is 0 Å². The number of para-hydroxylation sites is 1. The Bertz CT molecular complexity index is 608. The summed E-state index contributed by atoms with van der Waals surface area (Å²) in [7, 11) is 0. The number of benzene rings is 2. The van der Waals surface area contributed by atoms with Gasteiger partial charge in [-0.2, -0.15) is 5.10 Å². The third kappa shape index (κ3) is 2.07. The van der Waals surface area contributed by atoms with Crippen LogP contribution in [-0.4, -0.2) is 6.21 Å². The maximum Gasteiger partial charge on any atom is 0.0529 e. The van der Waals surface area contributed by atoms with Gasteiger partial charge in [0.15, 0.2) is 0 Å². The summed E-state index contributed by atoms with van der Waals surface area (Å²) < 4.78 is 0. The van der Waals surface area contributed by atoms with E-state index in [0.717, 1.165) is 12.1 Å². The van der Waals surface area contributed by atoms with Gasteiger partial charge in [-0.3, -0.25) is 0 Å². The molecule has 0 amide bonds. The lowest BCUT2D eigenvalue weighted by molar-refractivity contribution is 1.21. The van der Waals surface area contributed by atoms with Crippen molar-refractivity contribution in [3.05, 3.63) is 48.0 Å². The highest BCUT2D eigenvalue weighted by atomic mass is 32.2. The molecule has 0 aromatic heterocycles. The second-order valence-electron chi connectivity index (χ2n) is 4.09. The molecule has 0 radical (unpaired) electrons. The number of hydrazone groups is 1. The van der Waals surface area contributed by atoms with Crippen LogP contribution in [0.1, 0.15) is 5.56 Å². The molecule has 1 aliphatic heterocycles. The number of hydrogen-bond donors (Lipinski definition) is 2. The van der Waals surface area contributed by atoms with Gasteiger partial charge in [0.05, 0.1) is 11.4 Å². The van der Waals surface area contributed by atoms with E-state index in [9.17, 15) is 0 Å². The van der Waals surface area contributed by atoms with Gasteiger partial charge in [-0.05, 0) is 29.8 Å². The fourth-order valence-corrected chi connectivity index (χ4v) is 2.94. The maximum absolute atomic E-state index is 5.13. The lowest BCUT2D eigenvalue weighted by Gasteiger charge is -2.21. The van der Waals surface area contributed by atoms with Gasteiger partial charge in [-0.1, -0.05) is 30.0 Å². The Kier molecular flexibility index (Phi) is 2.94. The Morgan fingerprint density at radius 1 is 1.11 bits per heavy atom. The van der Waals surface area contributed by atoms with E-state index < -0.39 is 0 Å². The first-order valence-electron chi connectivity index (χ1n) is 5.75. The second-order valence-corrected chi connectivity index (χ2v) is 5.17. The van der Waals surface area contributed by atoms with E-state index >= 15 is 0 Å². The van der Waals surface area contributed by atoms with Crippen molar-refractivity contribution < 1.29 is 0 Å². The summed E-state index contributed by atoms with van der Waals surface area (Å²) in [5.74, 6) is 5.13. The summed E-state index contributed by atoms with van der Waals surface area (Å²) in [4.78, 5) is 2.52. The predicted molar refractivity (Wildman–Crippen MR) is 76.7 cm³/mol. The van der Waals surface area contributed by atoms with Crippen LogP contribution < -0.4 is 11.2 Å². The fourth-order valence-electron chi connectivity index (χ4n) is 1.97. The quantitative estimate of drug-likeness (QED) is 0.419. The minimum Gasteiger partial charge on any atom is -0.354 e. The molecule has 1 heterocycles. The highest BCUT2D eigenvalue weighted by Gasteiger charge is 2.14. The van der Waals surface area contributed by atoms with Gasteiger partial charge < -0.3 is 11.2 Å². The van der Waals surface area contributed by atoms with E-state index in [1.807, 2.05) is 6.07 Å². The van der Waals surface area contributed by atoms with Crippen LogP contribution in [0.3, 0.4) is 0 Å². The minimum absolute atomic E-state index is 0.762. The van der Waals surface area contributed by atoms with E-state index in [0.29, 0.717) is 0 Å². The first kappa shape index (κ1) is 11.2. The molecule has 3 rings (SSSR count). The number of nitrogens with zero attached hydrogens (tertiary/aromatic N) is 1. The molecule has 18 heavy (non-hydrogen) atoms. The van der Waals surface area contributed by atoms with Crippen molar-refractivity contribution in [1.82, 2.24) is 0 Å². The molecule has 0 saturated heterocycles. The lowest BCUT2D eigenvalue weighted by atomic mass is 10.1. The van der Waals surface area contributed by atoms with E-state index in [-0.39, 0.29) is 0 Å². The average Bonchev–Trinajstić information content (AvgIpc) is 2.42. The molecule has 0 saturated carbocycles. The summed E-state index contributed by atoms with van der Waals surface area (Å²) >= 11 is 1.79. The van der Waals surface area contributed by atoms with Gasteiger partial charge in [0.1, 0.15) is 0 Å². The SMILES string of the molecule is NN=CCc1ccc2c(c1)Nc1ccccc1S2. The summed E-state index contributed by atoms with van der Waals surface area (Å²) in [6, 6.07) is 14.7. The zero-order chi connectivity index (χ0) is 12.4. The summed E-state index contributed by atoms with van der Waals surface area (Å²) in [6.45, 7) is 0. The molecule has 3 N–H and O–H groups in total. The van der Waals surface area contributed by atoms with Crippen molar-refractivity contribution in [2.24, 2.45) is 10.9 Å². The molecular weight excluding hydrogens is 242 g/mol. The van der Waals surface area contributed by atoms with E-state index in [1.54, 1.807) is 18.0 Å². The van der Waals surface area contributed by atoms with Crippen LogP contribution in [0.25, 0.3) is 0 Å². The third-order valence-electron chi connectivity index (χ3n) is 2.85. The molecule has 0 spiro atoms. The van der Waals surface area contributed by atoms with E-state index in [1.165, 1.54) is 21.0 Å². The molecule has 1 aliphatic rings. The largest absolute Gasteiger partial charge is 0.354 e. The standard InChI is InChI=1S/C14H13N3S/c15-16-8-7-10-5-6-14-12(9-10)17-11-3-1-2-4-13(11)18-14/h1-6,8-9,17H,7,15H2. The van der Waals surface area contributed by atoms with Crippen LogP contribution in [-0.2, 0) is 6.42 Å². The highest BCUT2D eigenvalue weighted by molar-refractivity contribution is 7.99. The smallest absolute Gasteiger partial charge is 0.0529 e. The van der Waals surface area contributed by atoms with Gasteiger partial charge in [-0.15, -0.1) is 0 Å². The Hall–Kier alpha value is -1.94. The Morgan fingerprint density at radius 3 is 2.83 bits per heavy atom. The van der Waals surface area contributed by atoms with Crippen molar-refractivity contribution in [3.8, 4) is 0 Å². The zero-order valence-electron chi connectivity index (χ0n) is 9.76. The highest BCUT2D eigenvalue weighted by Crippen LogP contribution is 2.44. The summed E-state index contributed by atoms with van der Waals surface area (Å²) in [6.07, 6.45) is 2.48. The van der Waals surface area contributed by atoms with Crippen molar-refractivity contribution in [2.75, 3.05) is 5.32 Å². The number of nitrogens with one attached hydrogen (secondary N) is 1. The first-order valence-corrected chi connectivity index (χ1v) is 6.57. The molecule has 3 nitrogen and oxygen atoms in total. The van der Waals surface area contributed by atoms with Crippen LogP contribution in [0.2, 0.25) is 0 Å². The molecule has 0 bridgehead atoms. The number of fused-ring (bicyclic) bond motifs is 2. The Balaban J connectivity index is 1.93. The van der Waals surface area contributed by atoms with Gasteiger partial charge in [0.2, 0.25) is 0 Å². The van der Waals surface area contributed by atoms with Gasteiger partial charge in [-0.25, -0.2) is 0 Å². The molecule has 2 aromatic rings. The number of nitrogens with two attached hydrogens (primary N) is 1. The monoisotopic (exact) mass is 255 g/mol. The normalized spacial score (nSPS) is 12.9. The fraction of sp³-hybridized carbons (Fsp3) is 0.0714. The maximum atomic E-state index is 5.13. The average molecular weight is 255 g/mol. The first-order chi connectivity index (χ1) is 8.86. The van der Waals surface area contributed by atoms with E-state index in [2.05, 4.69) is 46.8 Å². The van der Waals surface area contributed by atoms with Crippen LogP contribution in [0.15, 0.2) is 57.4 Å². The van der Waals surface area contributed by atoms with Crippen molar-refractivity contribution >= 4 is 29.4 Å². The molecule has 4 heteroatoms. The third-order valence-corrected chi connectivity index (χ3v) is 4.00. The van der Waals surface area contributed by atoms with Crippen LogP contribution >= 0.6 is 11.8 Å². The molecule has 90 valence electrons. The topological polar surface area (TPSA) is 50.4 Å². The van der Waals surface area contributed by atoms with Crippen LogP contribution in [0, 0.1) is 0 Å². The summed E-state index contributed by atoms with van der Waals surface area (Å²) in [5, 5.41) is 6.99. The van der Waals surface area contributed by atoms with Crippen molar-refractivity contribution in [2.45, 2.75) is 16.2 Å². The molecule has 0 unspecified atom stereocenters. The van der Waals surface area contributed by atoms with E-state index in [4.69, 9.17) is 5.84 Å². The molecule has 2 aromatic carbocycles. The zero-order valence-corrected chi connectivity index (χ0v) is 10.6. The molecular formula is C14H13N3S. The minimum atomic E-state index is 0.762. The van der Waals surface area contributed by atoms with Gasteiger partial charge >= 0.3 is 0 Å². The molecule has 0 aliphatic carbocycles. The second kappa shape index (κ2) is 4.74. The van der Waals surface area contributed by atoms with Crippen LogP contribution in [0.4, 0.5) is 11.4 Å². The molecule has 0 fully saturated rings. The Morgan fingerprint density at radius 2 is 1.94 bits per heavy atom. The summed E-state index contributed by atoms with van der Waals surface area (Å²) in [5.41, 5.74) is 3.52. The van der Waals surface area contributed by atoms with Crippen LogP contribution in [0.5, 0.6) is 0 Å². The number of rotatable bonds is 2. The Labute approximate surface area is 110 Å². The predicted octanol–water partition coefficient (Wildman–Crippen LogP) is 3.38. The number of hydrogen-bond acceptors (Lipinski definition) is 4. The lowest BCUT2D eigenvalue weighted by Crippen LogP contribution is -2.00. The van der Waals surface area contributed by atoms with Gasteiger partial charge in [0, 0.05) is 22.4 Å². The van der Waals surface area contributed by atoms with Crippen molar-refractivity contribution in [1.29, 1.82) is 0 Å². The van der Waals surface area contributed by atoms with Gasteiger partial charge in [0.25, 0.3) is 0 Å². The molecule has 0 atom stereocenters.